The van der Waals surface area contributed by atoms with Gasteiger partial charge in [-0.25, -0.2) is 8.42 Å². The van der Waals surface area contributed by atoms with E-state index in [1.165, 1.54) is 0 Å². The Morgan fingerprint density at radius 1 is 0.600 bits per heavy atom. The maximum Gasteiger partial charge on any atom is 0.344 e. The van der Waals surface area contributed by atoms with E-state index in [9.17, 15) is 60.7 Å². The molecule has 0 spiro atoms. The molecule has 2 N–H and O–H groups in total. The third kappa shape index (κ3) is 6.51. The van der Waals surface area contributed by atoms with Crippen LogP contribution in [0.5, 0.6) is 11.5 Å². The second kappa shape index (κ2) is 9.85. The molecule has 0 atom stereocenters. The lowest BCUT2D eigenvalue weighted by Crippen LogP contribution is -2.09. The zero-order valence-corrected chi connectivity index (χ0v) is 18.6. The molecule has 0 aliphatic rings. The molecule has 0 radical (unpaired) electrons. The quantitative estimate of drug-likeness (QED) is 0.271. The Balaban J connectivity index is 2.72. The number of hydrogen-bond donors (Lipinski definition) is 2. The summed E-state index contributed by atoms with van der Waals surface area (Å²) < 4.78 is 173. The molecule has 19 heteroatoms. The summed E-state index contributed by atoms with van der Waals surface area (Å²) in [6, 6.07) is -3.26. The molecule has 2 aromatic rings. The van der Waals surface area contributed by atoms with Crippen LogP contribution in [-0.2, 0) is 30.1 Å². The Morgan fingerprint density at radius 3 is 1.17 bits per heavy atom. The lowest BCUT2D eigenvalue weighted by molar-refractivity contribution is 0.236. The maximum atomic E-state index is 13.1. The molecule has 35 heavy (non-hydrogen) atoms. The van der Waals surface area contributed by atoms with Crippen LogP contribution in [0.15, 0.2) is 80.2 Å². The van der Waals surface area contributed by atoms with Crippen molar-refractivity contribution in [2.45, 2.75) is 19.6 Å². The van der Waals surface area contributed by atoms with Crippen molar-refractivity contribution in [1.29, 1.82) is 0 Å². The Bertz CT molecular complexity index is 1450. The zero-order valence-electron chi connectivity index (χ0n) is 16.1. The normalized spacial score (nSPS) is 12.1. The van der Waals surface area contributed by atoms with Crippen LogP contribution in [0.3, 0.4) is 0 Å². The fraction of sp³-hybridized carbons (Fsp3) is 0. The van der Waals surface area contributed by atoms with Gasteiger partial charge in [0, 0.05) is 0 Å². The first-order valence-electron chi connectivity index (χ1n) is 8.11. The van der Waals surface area contributed by atoms with Crippen LogP contribution in [0.1, 0.15) is 0 Å². The van der Waals surface area contributed by atoms with Crippen LogP contribution in [0.2, 0.25) is 0 Å². The van der Waals surface area contributed by atoms with Crippen LogP contribution in [-0.4, -0.2) is 34.4 Å². The molecule has 0 heterocycles. The van der Waals surface area contributed by atoms with Gasteiger partial charge in [0.15, 0.2) is 11.5 Å². The van der Waals surface area contributed by atoms with Crippen molar-refractivity contribution in [3.05, 3.63) is 60.6 Å². The summed E-state index contributed by atoms with van der Waals surface area (Å²) in [5.41, 5.74) is 0. The smallest absolute Gasteiger partial charge is 0.344 e. The van der Waals surface area contributed by atoms with Crippen molar-refractivity contribution in [2.24, 2.45) is 0 Å². The number of benzene rings is 2. The van der Waals surface area contributed by atoms with E-state index in [-0.39, 0.29) is 12.1 Å². The summed E-state index contributed by atoms with van der Waals surface area (Å²) in [4.78, 5) is -5.15. The van der Waals surface area contributed by atoms with Crippen LogP contribution < -0.4 is 9.47 Å². The lowest BCUT2D eigenvalue weighted by Gasteiger charge is -2.12. The highest BCUT2D eigenvalue weighted by molar-refractivity contribution is 7.91. The van der Waals surface area contributed by atoms with Crippen molar-refractivity contribution >= 4 is 30.1 Å². The molecule has 0 saturated heterocycles. The third-order valence-electron chi connectivity index (χ3n) is 3.70. The SMILES string of the molecule is O=S(=O)(O)c1cc(S(=O)(=O)c2ccc(OC(F)=C(F)F)c(S(=O)(=O)O)c2)ccc1OC(F)=C(F)F. The van der Waals surface area contributed by atoms with Gasteiger partial charge in [-0.15, -0.1) is 0 Å². The summed E-state index contributed by atoms with van der Waals surface area (Å²) >= 11 is 0. The Hall–Kier alpha value is -3.13. The van der Waals surface area contributed by atoms with E-state index in [0.717, 1.165) is 0 Å². The van der Waals surface area contributed by atoms with Gasteiger partial charge in [-0.3, -0.25) is 9.11 Å². The van der Waals surface area contributed by atoms with Crippen LogP contribution >= 0.6 is 0 Å². The first kappa shape index (κ1) is 28.1. The minimum atomic E-state index is -5.43. The van der Waals surface area contributed by atoms with Crippen molar-refractivity contribution in [3.8, 4) is 11.5 Å². The maximum absolute atomic E-state index is 13.1. The summed E-state index contributed by atoms with van der Waals surface area (Å²) in [6.07, 6.45) is -6.05. The minimum Gasteiger partial charge on any atom is -0.426 e. The summed E-state index contributed by atoms with van der Waals surface area (Å²) in [7, 11) is -15.9. The zero-order chi connectivity index (χ0) is 26.9. The summed E-state index contributed by atoms with van der Waals surface area (Å²) in [5, 5.41) is 0. The standard InChI is InChI=1S/C16H8F6O10S3/c17-13(18)15(21)31-9-3-1-7(5-11(9)34(25,26)27)33(23,24)8-2-4-10(32-16(22)14(19)20)12(6-8)35(28,29)30/h1-6H,(H,25,26,27)(H,28,29,30). The highest BCUT2D eigenvalue weighted by atomic mass is 32.2. The highest BCUT2D eigenvalue weighted by Gasteiger charge is 2.28. The van der Waals surface area contributed by atoms with Gasteiger partial charge in [0.2, 0.25) is 9.84 Å². The number of hydrogen-bond acceptors (Lipinski definition) is 8. The van der Waals surface area contributed by atoms with Gasteiger partial charge < -0.3 is 9.47 Å². The Labute approximate surface area is 192 Å². The van der Waals surface area contributed by atoms with Crippen molar-refractivity contribution in [1.82, 2.24) is 0 Å². The molecule has 0 fully saturated rings. The second-order valence-corrected chi connectivity index (χ2v) is 10.7. The van der Waals surface area contributed by atoms with Crippen molar-refractivity contribution in [3.63, 3.8) is 0 Å². The molecule has 10 nitrogen and oxygen atoms in total. The molecule has 2 aromatic carbocycles. The van der Waals surface area contributed by atoms with E-state index >= 15 is 0 Å². The molecule has 0 aliphatic carbocycles. The molecule has 0 aliphatic heterocycles. The van der Waals surface area contributed by atoms with Gasteiger partial charge in [-0.2, -0.15) is 43.2 Å². The van der Waals surface area contributed by atoms with Crippen LogP contribution in [0.25, 0.3) is 0 Å². The van der Waals surface area contributed by atoms with Crippen LogP contribution in [0, 0.1) is 0 Å². The van der Waals surface area contributed by atoms with Gasteiger partial charge in [-0.1, -0.05) is 0 Å². The molecule has 2 rings (SSSR count). The summed E-state index contributed by atoms with van der Waals surface area (Å²) in [6.45, 7) is 0. The molecule has 0 saturated carbocycles. The number of rotatable bonds is 8. The van der Waals surface area contributed by atoms with Gasteiger partial charge >= 0.3 is 24.2 Å². The van der Waals surface area contributed by atoms with Gasteiger partial charge in [0.25, 0.3) is 20.2 Å². The van der Waals surface area contributed by atoms with Crippen molar-refractivity contribution < 1.29 is 70.2 Å². The third-order valence-corrected chi connectivity index (χ3v) is 7.20. The molecule has 0 aromatic heterocycles. The van der Waals surface area contributed by atoms with E-state index in [0.29, 0.717) is 24.3 Å². The molecular weight excluding hydrogens is 562 g/mol. The molecule has 0 bridgehead atoms. The fourth-order valence-electron chi connectivity index (χ4n) is 2.29. The number of ether oxygens (including phenoxy) is 2. The topological polar surface area (TPSA) is 161 Å². The van der Waals surface area contributed by atoms with E-state index in [1.807, 2.05) is 0 Å². The Morgan fingerprint density at radius 2 is 0.914 bits per heavy atom. The van der Waals surface area contributed by atoms with Gasteiger partial charge in [-0.05, 0) is 36.4 Å². The average Bonchev–Trinajstić information content (AvgIpc) is 2.72. The predicted octanol–water partition coefficient (Wildman–Crippen LogP) is 3.84. The van der Waals surface area contributed by atoms with Gasteiger partial charge in [0.1, 0.15) is 9.79 Å². The Kier molecular flexibility index (Phi) is 7.91. The number of halogens is 6. The first-order valence-corrected chi connectivity index (χ1v) is 12.5. The highest BCUT2D eigenvalue weighted by Crippen LogP contribution is 2.35. The van der Waals surface area contributed by atoms with Crippen molar-refractivity contribution in [2.75, 3.05) is 0 Å². The first-order chi connectivity index (χ1) is 15.9. The summed E-state index contributed by atoms with van der Waals surface area (Å²) in [5.74, 6) is -2.54. The molecule has 0 unspecified atom stereocenters. The largest absolute Gasteiger partial charge is 0.426 e. The fourth-order valence-corrected chi connectivity index (χ4v) is 5.03. The van der Waals surface area contributed by atoms with E-state index in [1.54, 1.807) is 0 Å². The number of sulfone groups is 1. The molecule has 192 valence electrons. The minimum absolute atomic E-state index is 0.127. The van der Waals surface area contributed by atoms with E-state index in [2.05, 4.69) is 9.47 Å². The predicted molar refractivity (Wildman–Crippen MR) is 99.9 cm³/mol. The second-order valence-electron chi connectivity index (χ2n) is 5.94. The van der Waals surface area contributed by atoms with Crippen LogP contribution in [0.4, 0.5) is 26.3 Å². The van der Waals surface area contributed by atoms with E-state index in [4.69, 9.17) is 0 Å². The average molecular weight is 570 g/mol. The van der Waals surface area contributed by atoms with E-state index < -0.39 is 85.3 Å². The monoisotopic (exact) mass is 570 g/mol. The lowest BCUT2D eigenvalue weighted by atomic mass is 10.3. The molecular formula is C16H8F6O10S3. The van der Waals surface area contributed by atoms with Gasteiger partial charge in [0.05, 0.1) is 9.79 Å². The molecule has 0 amide bonds.